The summed E-state index contributed by atoms with van der Waals surface area (Å²) in [5, 5.41) is 10.6. The molecule has 4 nitrogen and oxygen atoms in total. The van der Waals surface area contributed by atoms with Gasteiger partial charge in [-0.15, -0.1) is 0 Å². The van der Waals surface area contributed by atoms with Gasteiger partial charge in [0, 0.05) is 32.3 Å². The van der Waals surface area contributed by atoms with Crippen LogP contribution < -0.4 is 5.73 Å². The summed E-state index contributed by atoms with van der Waals surface area (Å²) in [6.07, 6.45) is 1.37. The molecule has 0 aromatic carbocycles. The van der Waals surface area contributed by atoms with Crippen molar-refractivity contribution >= 4 is 0 Å². The fraction of sp³-hybridized carbons (Fsp3) is 1.00. The summed E-state index contributed by atoms with van der Waals surface area (Å²) in [5.41, 5.74) is 4.67. The summed E-state index contributed by atoms with van der Waals surface area (Å²) in [6.45, 7) is 5.51. The van der Waals surface area contributed by atoms with Gasteiger partial charge in [0.05, 0.1) is 11.7 Å². The molecule has 0 amide bonds. The summed E-state index contributed by atoms with van der Waals surface area (Å²) in [7, 11) is 1.61. The van der Waals surface area contributed by atoms with Crippen LogP contribution in [0, 0.1) is 5.41 Å². The Bertz CT molecular complexity index is 200. The van der Waals surface area contributed by atoms with Crippen molar-refractivity contribution in [3.05, 3.63) is 0 Å². The number of hydrogen-bond donors (Lipinski definition) is 2. The third-order valence-electron chi connectivity index (χ3n) is 4.06. The molecule has 4 heteroatoms. The Morgan fingerprint density at radius 2 is 2.07 bits per heavy atom. The van der Waals surface area contributed by atoms with E-state index in [-0.39, 0.29) is 11.5 Å². The Hall–Kier alpha value is -0.160. The lowest BCUT2D eigenvalue weighted by molar-refractivity contribution is -0.176. The maximum atomic E-state index is 10.6. The number of nitrogens with two attached hydrogens (primary N) is 1. The lowest BCUT2D eigenvalue weighted by atomic mass is 9.65. The van der Waals surface area contributed by atoms with E-state index >= 15 is 0 Å². The molecule has 15 heavy (non-hydrogen) atoms. The van der Waals surface area contributed by atoms with E-state index in [9.17, 15) is 5.11 Å². The van der Waals surface area contributed by atoms with Crippen molar-refractivity contribution < 1.29 is 14.6 Å². The second-order valence-corrected chi connectivity index (χ2v) is 4.62. The van der Waals surface area contributed by atoms with Crippen molar-refractivity contribution in [1.29, 1.82) is 0 Å². The van der Waals surface area contributed by atoms with Crippen LogP contribution in [-0.4, -0.2) is 43.7 Å². The Balaban J connectivity index is 2.87. The number of hydrogen-bond acceptors (Lipinski definition) is 4. The molecule has 90 valence electrons. The molecule has 0 spiro atoms. The van der Waals surface area contributed by atoms with Crippen molar-refractivity contribution in [3.8, 4) is 0 Å². The molecule has 2 atom stereocenters. The number of ether oxygens (including phenoxy) is 2. The molecule has 0 aromatic rings. The van der Waals surface area contributed by atoms with Gasteiger partial charge in [0.1, 0.15) is 0 Å². The summed E-state index contributed by atoms with van der Waals surface area (Å²) in [4.78, 5) is 0. The molecule has 1 rings (SSSR count). The van der Waals surface area contributed by atoms with Crippen LogP contribution in [0.2, 0.25) is 0 Å². The predicted octanol–water partition coefficient (Wildman–Crippen LogP) is 0.528. The van der Waals surface area contributed by atoms with E-state index in [1.54, 1.807) is 7.11 Å². The van der Waals surface area contributed by atoms with Crippen molar-refractivity contribution in [2.45, 2.75) is 38.4 Å². The number of rotatable bonds is 4. The SMILES string of the molecule is COC(C)C(C)(O)C1(CN)CCOCC1. The normalized spacial score (nSPS) is 27.0. The molecule has 0 bridgehead atoms. The molecular formula is C11H23NO3. The zero-order chi connectivity index (χ0) is 11.5. The zero-order valence-electron chi connectivity index (χ0n) is 9.95. The zero-order valence-corrected chi connectivity index (χ0v) is 9.95. The summed E-state index contributed by atoms with van der Waals surface area (Å²) >= 11 is 0. The van der Waals surface area contributed by atoms with E-state index in [1.807, 2.05) is 13.8 Å². The molecule has 1 aliphatic heterocycles. The lowest BCUT2D eigenvalue weighted by Crippen LogP contribution is -2.59. The van der Waals surface area contributed by atoms with Crippen molar-refractivity contribution in [2.75, 3.05) is 26.9 Å². The highest BCUT2D eigenvalue weighted by molar-refractivity contribution is 5.01. The first-order valence-electron chi connectivity index (χ1n) is 5.53. The quantitative estimate of drug-likeness (QED) is 0.721. The van der Waals surface area contributed by atoms with Gasteiger partial charge in [0.15, 0.2) is 0 Å². The van der Waals surface area contributed by atoms with Crippen molar-refractivity contribution in [2.24, 2.45) is 11.1 Å². The highest BCUT2D eigenvalue weighted by Crippen LogP contribution is 2.42. The van der Waals surface area contributed by atoms with Crippen LogP contribution in [0.3, 0.4) is 0 Å². The van der Waals surface area contributed by atoms with Crippen molar-refractivity contribution in [1.82, 2.24) is 0 Å². The lowest BCUT2D eigenvalue weighted by Gasteiger charge is -2.49. The first kappa shape index (κ1) is 12.9. The Kier molecular flexibility index (Phi) is 4.12. The minimum atomic E-state index is -0.902. The fourth-order valence-corrected chi connectivity index (χ4v) is 2.34. The standard InChI is InChI=1S/C11H23NO3/c1-9(14-3)10(2,13)11(8-12)4-6-15-7-5-11/h9,13H,4-8,12H2,1-3H3. The molecule has 1 saturated heterocycles. The van der Waals surface area contributed by atoms with E-state index in [4.69, 9.17) is 15.2 Å². The van der Waals surface area contributed by atoms with Crippen LogP contribution in [0.25, 0.3) is 0 Å². The van der Waals surface area contributed by atoms with Gasteiger partial charge in [-0.1, -0.05) is 0 Å². The van der Waals surface area contributed by atoms with Crippen LogP contribution in [0.15, 0.2) is 0 Å². The second-order valence-electron chi connectivity index (χ2n) is 4.62. The molecule has 0 aromatic heterocycles. The first-order chi connectivity index (χ1) is 7.00. The molecule has 1 heterocycles. The van der Waals surface area contributed by atoms with Gasteiger partial charge in [-0.2, -0.15) is 0 Å². The smallest absolute Gasteiger partial charge is 0.0946 e. The van der Waals surface area contributed by atoms with Gasteiger partial charge < -0.3 is 20.3 Å². The molecule has 0 aliphatic carbocycles. The average Bonchev–Trinajstić information content (AvgIpc) is 2.28. The number of methoxy groups -OCH3 is 1. The van der Waals surface area contributed by atoms with E-state index in [0.29, 0.717) is 19.8 Å². The van der Waals surface area contributed by atoms with Gasteiger partial charge in [-0.25, -0.2) is 0 Å². The Labute approximate surface area is 91.7 Å². The van der Waals surface area contributed by atoms with Crippen LogP contribution in [0.1, 0.15) is 26.7 Å². The van der Waals surface area contributed by atoms with Gasteiger partial charge in [0.25, 0.3) is 0 Å². The van der Waals surface area contributed by atoms with Crippen LogP contribution in [0.5, 0.6) is 0 Å². The van der Waals surface area contributed by atoms with Gasteiger partial charge in [-0.05, 0) is 26.7 Å². The molecule has 0 radical (unpaired) electrons. The van der Waals surface area contributed by atoms with Gasteiger partial charge in [0.2, 0.25) is 0 Å². The molecule has 1 fully saturated rings. The van der Waals surface area contributed by atoms with Crippen LogP contribution in [0.4, 0.5) is 0 Å². The maximum absolute atomic E-state index is 10.6. The van der Waals surface area contributed by atoms with Gasteiger partial charge >= 0.3 is 0 Å². The molecular weight excluding hydrogens is 194 g/mol. The summed E-state index contributed by atoms with van der Waals surface area (Å²) in [6, 6.07) is 0. The minimum Gasteiger partial charge on any atom is -0.387 e. The highest BCUT2D eigenvalue weighted by atomic mass is 16.5. The fourth-order valence-electron chi connectivity index (χ4n) is 2.34. The average molecular weight is 217 g/mol. The van der Waals surface area contributed by atoms with Gasteiger partial charge in [-0.3, -0.25) is 0 Å². The Morgan fingerprint density at radius 3 is 2.47 bits per heavy atom. The molecule has 1 aliphatic rings. The molecule has 2 unspecified atom stereocenters. The minimum absolute atomic E-state index is 0.223. The van der Waals surface area contributed by atoms with E-state index in [0.717, 1.165) is 12.8 Å². The predicted molar refractivity (Wildman–Crippen MR) is 58.6 cm³/mol. The van der Waals surface area contributed by atoms with E-state index in [1.165, 1.54) is 0 Å². The van der Waals surface area contributed by atoms with E-state index < -0.39 is 5.60 Å². The molecule has 0 saturated carbocycles. The molecule has 3 N–H and O–H groups in total. The first-order valence-corrected chi connectivity index (χ1v) is 5.53. The maximum Gasteiger partial charge on any atom is 0.0946 e. The van der Waals surface area contributed by atoms with E-state index in [2.05, 4.69) is 0 Å². The topological polar surface area (TPSA) is 64.7 Å². The Morgan fingerprint density at radius 1 is 1.53 bits per heavy atom. The monoisotopic (exact) mass is 217 g/mol. The third-order valence-corrected chi connectivity index (χ3v) is 4.06. The third kappa shape index (κ3) is 2.18. The van der Waals surface area contributed by atoms with Crippen LogP contribution in [-0.2, 0) is 9.47 Å². The summed E-state index contributed by atoms with van der Waals surface area (Å²) in [5.74, 6) is 0. The second kappa shape index (κ2) is 4.78. The highest BCUT2D eigenvalue weighted by Gasteiger charge is 2.50. The number of aliphatic hydroxyl groups is 1. The summed E-state index contributed by atoms with van der Waals surface area (Å²) < 4.78 is 10.6. The van der Waals surface area contributed by atoms with Crippen molar-refractivity contribution in [3.63, 3.8) is 0 Å². The largest absolute Gasteiger partial charge is 0.387 e. The van der Waals surface area contributed by atoms with Crippen LogP contribution >= 0.6 is 0 Å².